The van der Waals surface area contributed by atoms with E-state index in [4.69, 9.17) is 5.73 Å². The van der Waals surface area contributed by atoms with Crippen molar-refractivity contribution in [3.63, 3.8) is 0 Å². The van der Waals surface area contributed by atoms with Crippen LogP contribution in [0.25, 0.3) is 0 Å². The summed E-state index contributed by atoms with van der Waals surface area (Å²) in [6, 6.07) is 8.44. The lowest BCUT2D eigenvalue weighted by Crippen LogP contribution is -2.43. The van der Waals surface area contributed by atoms with E-state index in [1.165, 1.54) is 11.1 Å². The maximum atomic E-state index is 12.5. The lowest BCUT2D eigenvalue weighted by Gasteiger charge is -2.30. The second kappa shape index (κ2) is 5.78. The number of hydrogen-bond acceptors (Lipinski definition) is 3. The predicted octanol–water partition coefficient (Wildman–Crippen LogP) is 1.24. The number of nitrogens with zero attached hydrogens (tertiary/aromatic N) is 2. The normalized spacial score (nSPS) is 25.9. The van der Waals surface area contributed by atoms with E-state index in [1.807, 2.05) is 4.90 Å². The number of likely N-dealkylation sites (tertiary alicyclic amines) is 1. The van der Waals surface area contributed by atoms with Crippen LogP contribution in [-0.2, 0) is 17.8 Å². The zero-order valence-corrected chi connectivity index (χ0v) is 12.8. The van der Waals surface area contributed by atoms with Crippen LogP contribution >= 0.6 is 0 Å². The number of rotatable bonds is 3. The van der Waals surface area contributed by atoms with Crippen LogP contribution in [0.1, 0.15) is 24.5 Å². The average molecular weight is 287 g/mol. The molecule has 1 amide bonds. The molecule has 1 atom stereocenters. The van der Waals surface area contributed by atoms with Crippen molar-refractivity contribution < 1.29 is 4.79 Å². The fraction of sp³-hybridized carbons (Fsp3) is 0.588. The molecule has 1 unspecified atom stereocenters. The maximum absolute atomic E-state index is 12.5. The highest BCUT2D eigenvalue weighted by atomic mass is 16.2. The van der Waals surface area contributed by atoms with E-state index in [9.17, 15) is 4.79 Å². The SMILES string of the molecule is CC1(CN)CCN(CC(=O)N2CCc3ccccc3C2)C1. The maximum Gasteiger partial charge on any atom is 0.237 e. The highest BCUT2D eigenvalue weighted by Crippen LogP contribution is 2.28. The number of carbonyl (C=O) groups excluding carboxylic acids is 1. The molecule has 114 valence electrons. The van der Waals surface area contributed by atoms with Gasteiger partial charge in [-0.05, 0) is 42.5 Å². The second-order valence-electron chi connectivity index (χ2n) is 6.81. The van der Waals surface area contributed by atoms with Crippen molar-refractivity contribution in [2.24, 2.45) is 11.1 Å². The third-order valence-corrected chi connectivity index (χ3v) is 4.97. The Hall–Kier alpha value is -1.39. The third-order valence-electron chi connectivity index (χ3n) is 4.97. The molecule has 1 aromatic rings. The molecule has 0 saturated carbocycles. The monoisotopic (exact) mass is 287 g/mol. The van der Waals surface area contributed by atoms with Crippen LogP contribution in [0.5, 0.6) is 0 Å². The van der Waals surface area contributed by atoms with Crippen LogP contribution in [0.2, 0.25) is 0 Å². The van der Waals surface area contributed by atoms with Gasteiger partial charge in [0.15, 0.2) is 0 Å². The van der Waals surface area contributed by atoms with E-state index in [2.05, 4.69) is 36.1 Å². The molecule has 4 nitrogen and oxygen atoms in total. The van der Waals surface area contributed by atoms with E-state index in [0.29, 0.717) is 13.1 Å². The van der Waals surface area contributed by atoms with Crippen molar-refractivity contribution in [3.8, 4) is 0 Å². The van der Waals surface area contributed by atoms with Gasteiger partial charge in [-0.2, -0.15) is 0 Å². The van der Waals surface area contributed by atoms with Crippen molar-refractivity contribution in [1.29, 1.82) is 0 Å². The van der Waals surface area contributed by atoms with Gasteiger partial charge in [-0.15, -0.1) is 0 Å². The Morgan fingerprint density at radius 1 is 1.29 bits per heavy atom. The van der Waals surface area contributed by atoms with Gasteiger partial charge in [0.25, 0.3) is 0 Å². The standard InChI is InChI=1S/C17H25N3O/c1-17(12-18)7-9-19(13-17)11-16(21)20-8-6-14-4-2-3-5-15(14)10-20/h2-5H,6-13,18H2,1H3. The molecule has 1 aromatic carbocycles. The first kappa shape index (κ1) is 14.5. The smallest absolute Gasteiger partial charge is 0.237 e. The molecule has 2 heterocycles. The molecule has 1 fully saturated rings. The van der Waals surface area contributed by atoms with Crippen LogP contribution in [-0.4, -0.2) is 48.4 Å². The van der Waals surface area contributed by atoms with Crippen molar-refractivity contribution >= 4 is 5.91 Å². The third kappa shape index (κ3) is 3.11. The van der Waals surface area contributed by atoms with Gasteiger partial charge in [-0.1, -0.05) is 31.2 Å². The van der Waals surface area contributed by atoms with Crippen LogP contribution in [0, 0.1) is 5.41 Å². The molecular weight excluding hydrogens is 262 g/mol. The fourth-order valence-electron chi connectivity index (χ4n) is 3.43. The van der Waals surface area contributed by atoms with E-state index in [-0.39, 0.29) is 11.3 Å². The first-order valence-electron chi connectivity index (χ1n) is 7.87. The summed E-state index contributed by atoms with van der Waals surface area (Å²) in [5.41, 5.74) is 8.71. The molecule has 2 aliphatic rings. The Morgan fingerprint density at radius 3 is 2.76 bits per heavy atom. The molecule has 0 bridgehead atoms. The molecular formula is C17H25N3O. The number of fused-ring (bicyclic) bond motifs is 1. The number of benzene rings is 1. The molecule has 1 saturated heterocycles. The number of carbonyl (C=O) groups is 1. The predicted molar refractivity (Wildman–Crippen MR) is 83.8 cm³/mol. The first-order chi connectivity index (χ1) is 10.1. The molecule has 0 radical (unpaired) electrons. The molecule has 4 heteroatoms. The van der Waals surface area contributed by atoms with Crippen molar-refractivity contribution in [2.45, 2.75) is 26.3 Å². The second-order valence-corrected chi connectivity index (χ2v) is 6.81. The largest absolute Gasteiger partial charge is 0.337 e. The van der Waals surface area contributed by atoms with Crippen molar-refractivity contribution in [3.05, 3.63) is 35.4 Å². The van der Waals surface area contributed by atoms with Crippen molar-refractivity contribution in [2.75, 3.05) is 32.7 Å². The van der Waals surface area contributed by atoms with Crippen LogP contribution in [0.4, 0.5) is 0 Å². The molecule has 2 aliphatic heterocycles. The Balaban J connectivity index is 1.58. The van der Waals surface area contributed by atoms with Gasteiger partial charge < -0.3 is 10.6 Å². The zero-order valence-electron chi connectivity index (χ0n) is 12.8. The van der Waals surface area contributed by atoms with Crippen LogP contribution < -0.4 is 5.73 Å². The summed E-state index contributed by atoms with van der Waals surface area (Å²) in [6.45, 7) is 7.00. The van der Waals surface area contributed by atoms with Gasteiger partial charge in [-0.3, -0.25) is 9.69 Å². The van der Waals surface area contributed by atoms with Crippen LogP contribution in [0.3, 0.4) is 0 Å². The van der Waals surface area contributed by atoms with Gasteiger partial charge in [0.2, 0.25) is 5.91 Å². The summed E-state index contributed by atoms with van der Waals surface area (Å²) in [5, 5.41) is 0. The van der Waals surface area contributed by atoms with E-state index in [0.717, 1.165) is 39.0 Å². The summed E-state index contributed by atoms with van der Waals surface area (Å²) >= 11 is 0. The Labute approximate surface area is 126 Å². The van der Waals surface area contributed by atoms with Gasteiger partial charge in [0.05, 0.1) is 6.54 Å². The number of hydrogen-bond donors (Lipinski definition) is 1. The van der Waals surface area contributed by atoms with Gasteiger partial charge in [0, 0.05) is 19.6 Å². The minimum Gasteiger partial charge on any atom is -0.337 e. The summed E-state index contributed by atoms with van der Waals surface area (Å²) in [7, 11) is 0. The number of amides is 1. The summed E-state index contributed by atoms with van der Waals surface area (Å²) in [4.78, 5) is 16.8. The Morgan fingerprint density at radius 2 is 2.05 bits per heavy atom. The van der Waals surface area contributed by atoms with E-state index in [1.54, 1.807) is 0 Å². The van der Waals surface area contributed by atoms with Gasteiger partial charge >= 0.3 is 0 Å². The quantitative estimate of drug-likeness (QED) is 0.910. The molecule has 21 heavy (non-hydrogen) atoms. The summed E-state index contributed by atoms with van der Waals surface area (Å²) in [5.74, 6) is 0.255. The first-order valence-corrected chi connectivity index (χ1v) is 7.87. The van der Waals surface area contributed by atoms with Gasteiger partial charge in [-0.25, -0.2) is 0 Å². The average Bonchev–Trinajstić information content (AvgIpc) is 2.88. The molecule has 3 rings (SSSR count). The topological polar surface area (TPSA) is 49.6 Å². The Bertz CT molecular complexity index is 531. The highest BCUT2D eigenvalue weighted by molar-refractivity contribution is 5.78. The molecule has 0 aliphatic carbocycles. The van der Waals surface area contributed by atoms with Gasteiger partial charge in [0.1, 0.15) is 0 Å². The fourth-order valence-corrected chi connectivity index (χ4v) is 3.43. The minimum absolute atomic E-state index is 0.189. The molecule has 2 N–H and O–H groups in total. The van der Waals surface area contributed by atoms with E-state index < -0.39 is 0 Å². The zero-order chi connectivity index (χ0) is 14.9. The summed E-state index contributed by atoms with van der Waals surface area (Å²) < 4.78 is 0. The summed E-state index contributed by atoms with van der Waals surface area (Å²) in [6.07, 6.45) is 2.07. The highest BCUT2D eigenvalue weighted by Gasteiger charge is 2.34. The van der Waals surface area contributed by atoms with E-state index >= 15 is 0 Å². The molecule has 0 spiro atoms. The number of nitrogens with two attached hydrogens (primary N) is 1. The lowest BCUT2D eigenvalue weighted by atomic mass is 9.90. The lowest BCUT2D eigenvalue weighted by molar-refractivity contribution is -0.133. The van der Waals surface area contributed by atoms with Crippen LogP contribution in [0.15, 0.2) is 24.3 Å². The Kier molecular flexibility index (Phi) is 4.00. The minimum atomic E-state index is 0.189. The van der Waals surface area contributed by atoms with Crippen molar-refractivity contribution in [1.82, 2.24) is 9.80 Å². The molecule has 0 aromatic heterocycles.